The Labute approximate surface area is 133 Å². The van der Waals surface area contributed by atoms with Gasteiger partial charge in [-0.2, -0.15) is 0 Å². The summed E-state index contributed by atoms with van der Waals surface area (Å²) in [5, 5.41) is 0.557. The van der Waals surface area contributed by atoms with Crippen LogP contribution < -0.4 is 10.5 Å². The molecule has 2 aromatic carbocycles. The molecule has 0 fully saturated rings. The lowest BCUT2D eigenvalue weighted by molar-refractivity contribution is 0.296. The van der Waals surface area contributed by atoms with Gasteiger partial charge in [0.2, 0.25) is 0 Å². The Morgan fingerprint density at radius 3 is 2.38 bits per heavy atom. The maximum atomic E-state index is 13.9. The summed E-state index contributed by atoms with van der Waals surface area (Å²) in [7, 11) is 0. The summed E-state index contributed by atoms with van der Waals surface area (Å²) >= 11 is 11.9. The van der Waals surface area contributed by atoms with Crippen LogP contribution in [-0.2, 0) is 13.0 Å². The van der Waals surface area contributed by atoms with Crippen molar-refractivity contribution in [2.75, 3.05) is 0 Å². The van der Waals surface area contributed by atoms with E-state index in [1.807, 2.05) is 19.1 Å². The van der Waals surface area contributed by atoms with Crippen molar-refractivity contribution in [1.29, 1.82) is 0 Å². The van der Waals surface area contributed by atoms with E-state index in [9.17, 15) is 4.39 Å². The maximum absolute atomic E-state index is 13.9. The fraction of sp³-hybridized carbons (Fsp3) is 0.250. The summed E-state index contributed by atoms with van der Waals surface area (Å²) in [5.41, 5.74) is 7.10. The van der Waals surface area contributed by atoms with E-state index in [1.165, 1.54) is 6.07 Å². The van der Waals surface area contributed by atoms with Gasteiger partial charge in [-0.05, 0) is 31.0 Å². The summed E-state index contributed by atoms with van der Waals surface area (Å²) in [6.07, 6.45) is 0.633. The minimum absolute atomic E-state index is 0.0197. The van der Waals surface area contributed by atoms with Crippen LogP contribution in [0.4, 0.5) is 4.39 Å². The van der Waals surface area contributed by atoms with Crippen molar-refractivity contribution >= 4 is 23.2 Å². The molecule has 0 aliphatic rings. The normalized spacial score (nSPS) is 12.2. The number of hydrogen-bond donors (Lipinski definition) is 1. The first-order chi connectivity index (χ1) is 9.99. The van der Waals surface area contributed by atoms with Crippen LogP contribution in [0, 0.1) is 5.82 Å². The molecule has 5 heteroatoms. The van der Waals surface area contributed by atoms with E-state index in [0.717, 1.165) is 5.56 Å². The molecule has 0 spiro atoms. The van der Waals surface area contributed by atoms with E-state index >= 15 is 0 Å². The van der Waals surface area contributed by atoms with Crippen LogP contribution in [0.2, 0.25) is 10.0 Å². The average Bonchev–Trinajstić information content (AvgIpc) is 2.42. The second kappa shape index (κ2) is 7.12. The molecule has 0 saturated heterocycles. The molecule has 2 aromatic rings. The second-order valence-electron chi connectivity index (χ2n) is 4.91. The second-order valence-corrected chi connectivity index (χ2v) is 5.73. The molecule has 0 radical (unpaired) electrons. The van der Waals surface area contributed by atoms with Gasteiger partial charge in [0, 0.05) is 11.6 Å². The molecule has 0 bridgehead atoms. The van der Waals surface area contributed by atoms with Crippen molar-refractivity contribution in [3.8, 4) is 5.75 Å². The molecule has 21 heavy (non-hydrogen) atoms. The van der Waals surface area contributed by atoms with Crippen molar-refractivity contribution in [2.24, 2.45) is 5.73 Å². The number of ether oxygens (including phenoxy) is 1. The van der Waals surface area contributed by atoms with Gasteiger partial charge >= 0.3 is 0 Å². The SMILES string of the molecule is CC(N)Cc1cccc(Cl)c1OCc1cccc(Cl)c1F. The molecule has 1 atom stereocenters. The van der Waals surface area contributed by atoms with Gasteiger partial charge in [0.25, 0.3) is 0 Å². The molecule has 1 unspecified atom stereocenters. The average molecular weight is 328 g/mol. The Kier molecular flexibility index (Phi) is 5.45. The topological polar surface area (TPSA) is 35.2 Å². The first-order valence-corrected chi connectivity index (χ1v) is 7.33. The Balaban J connectivity index is 2.21. The number of rotatable bonds is 5. The molecular formula is C16H16Cl2FNO. The number of benzene rings is 2. The highest BCUT2D eigenvalue weighted by molar-refractivity contribution is 6.32. The predicted molar refractivity (Wildman–Crippen MR) is 84.5 cm³/mol. The smallest absolute Gasteiger partial charge is 0.148 e. The van der Waals surface area contributed by atoms with Crippen molar-refractivity contribution in [2.45, 2.75) is 26.0 Å². The zero-order chi connectivity index (χ0) is 15.4. The zero-order valence-corrected chi connectivity index (χ0v) is 13.1. The highest BCUT2D eigenvalue weighted by Gasteiger charge is 2.12. The van der Waals surface area contributed by atoms with Gasteiger partial charge in [-0.15, -0.1) is 0 Å². The van der Waals surface area contributed by atoms with Gasteiger partial charge in [-0.1, -0.05) is 47.5 Å². The van der Waals surface area contributed by atoms with E-state index in [1.54, 1.807) is 18.2 Å². The molecule has 2 rings (SSSR count). The zero-order valence-electron chi connectivity index (χ0n) is 11.6. The molecule has 2 N–H and O–H groups in total. The Morgan fingerprint density at radius 1 is 1.10 bits per heavy atom. The number of nitrogens with two attached hydrogens (primary N) is 1. The van der Waals surface area contributed by atoms with Gasteiger partial charge in [-0.3, -0.25) is 0 Å². The van der Waals surface area contributed by atoms with E-state index in [-0.39, 0.29) is 17.7 Å². The third-order valence-corrected chi connectivity index (χ3v) is 3.58. The third kappa shape index (κ3) is 4.10. The van der Waals surface area contributed by atoms with E-state index in [2.05, 4.69) is 0 Å². The Morgan fingerprint density at radius 2 is 1.71 bits per heavy atom. The number of para-hydroxylation sites is 1. The van der Waals surface area contributed by atoms with Gasteiger partial charge in [0.05, 0.1) is 10.0 Å². The molecule has 0 aliphatic carbocycles. The predicted octanol–water partition coefficient (Wildman–Crippen LogP) is 4.60. The lowest BCUT2D eigenvalue weighted by Crippen LogP contribution is -2.18. The van der Waals surface area contributed by atoms with Crippen LogP contribution in [0.1, 0.15) is 18.1 Å². The van der Waals surface area contributed by atoms with Crippen molar-refractivity contribution in [3.05, 3.63) is 63.4 Å². The standard InChI is InChI=1S/C16H16Cl2FNO/c1-10(20)8-11-4-2-7-14(18)16(11)21-9-12-5-3-6-13(17)15(12)19/h2-7,10H,8-9,20H2,1H3. The van der Waals surface area contributed by atoms with Crippen molar-refractivity contribution < 1.29 is 9.13 Å². The molecule has 0 heterocycles. The van der Waals surface area contributed by atoms with E-state index in [4.69, 9.17) is 33.7 Å². The first-order valence-electron chi connectivity index (χ1n) is 6.57. The monoisotopic (exact) mass is 327 g/mol. The highest BCUT2D eigenvalue weighted by Crippen LogP contribution is 2.30. The molecule has 2 nitrogen and oxygen atoms in total. The van der Waals surface area contributed by atoms with Crippen LogP contribution in [-0.4, -0.2) is 6.04 Å². The quantitative estimate of drug-likeness (QED) is 0.870. The number of hydrogen-bond acceptors (Lipinski definition) is 2. The third-order valence-electron chi connectivity index (χ3n) is 2.99. The van der Waals surface area contributed by atoms with Crippen molar-refractivity contribution in [3.63, 3.8) is 0 Å². The molecule has 0 aromatic heterocycles. The van der Waals surface area contributed by atoms with E-state index < -0.39 is 5.82 Å². The van der Waals surface area contributed by atoms with Crippen LogP contribution in [0.15, 0.2) is 36.4 Å². The molecule has 0 aliphatic heterocycles. The van der Waals surface area contributed by atoms with Gasteiger partial charge in [0.15, 0.2) is 0 Å². The molecule has 0 amide bonds. The summed E-state index contributed by atoms with van der Waals surface area (Å²) in [4.78, 5) is 0. The molecule has 0 saturated carbocycles. The minimum atomic E-state index is -0.472. The summed E-state index contributed by atoms with van der Waals surface area (Å²) in [5.74, 6) is 0.0656. The minimum Gasteiger partial charge on any atom is -0.487 e. The summed E-state index contributed by atoms with van der Waals surface area (Å²) in [6, 6.07) is 10.3. The van der Waals surface area contributed by atoms with Crippen LogP contribution in [0.25, 0.3) is 0 Å². The van der Waals surface area contributed by atoms with E-state index in [0.29, 0.717) is 22.8 Å². The number of halogens is 3. The maximum Gasteiger partial charge on any atom is 0.148 e. The lowest BCUT2D eigenvalue weighted by atomic mass is 10.1. The molecular weight excluding hydrogens is 312 g/mol. The molecule has 112 valence electrons. The first kappa shape index (κ1) is 16.1. The van der Waals surface area contributed by atoms with Crippen molar-refractivity contribution in [1.82, 2.24) is 0 Å². The van der Waals surface area contributed by atoms with Crippen LogP contribution >= 0.6 is 23.2 Å². The lowest BCUT2D eigenvalue weighted by Gasteiger charge is -2.15. The fourth-order valence-electron chi connectivity index (χ4n) is 2.03. The van der Waals surface area contributed by atoms with Gasteiger partial charge in [-0.25, -0.2) is 4.39 Å². The van der Waals surface area contributed by atoms with Gasteiger partial charge in [0.1, 0.15) is 18.2 Å². The Bertz CT molecular complexity index is 632. The summed E-state index contributed by atoms with van der Waals surface area (Å²) in [6.45, 7) is 1.96. The summed E-state index contributed by atoms with van der Waals surface area (Å²) < 4.78 is 19.6. The largest absolute Gasteiger partial charge is 0.487 e. The van der Waals surface area contributed by atoms with Crippen LogP contribution in [0.3, 0.4) is 0 Å². The fourth-order valence-corrected chi connectivity index (χ4v) is 2.48. The highest BCUT2D eigenvalue weighted by atomic mass is 35.5. The Hall–Kier alpha value is -1.29. The van der Waals surface area contributed by atoms with Crippen LogP contribution in [0.5, 0.6) is 5.75 Å². The van der Waals surface area contributed by atoms with Gasteiger partial charge < -0.3 is 10.5 Å².